The lowest BCUT2D eigenvalue weighted by Crippen LogP contribution is -2.15. The van der Waals surface area contributed by atoms with Gasteiger partial charge in [-0.1, -0.05) is 64.7 Å². The van der Waals surface area contributed by atoms with Crippen LogP contribution in [-0.2, 0) is 61.6 Å². The molecule has 13 nitrogen and oxygen atoms in total. The first-order valence-electron chi connectivity index (χ1n) is 20.3. The summed E-state index contributed by atoms with van der Waals surface area (Å²) in [6.45, 7) is 20.2. The number of hydrogen-bond donors (Lipinski definition) is 0. The summed E-state index contributed by atoms with van der Waals surface area (Å²) in [5.74, 6) is 0. The van der Waals surface area contributed by atoms with Gasteiger partial charge in [-0.2, -0.15) is 0 Å². The minimum absolute atomic E-state index is 0.232. The Morgan fingerprint density at radius 1 is 0.231 bits per heavy atom. The first kappa shape index (κ1) is 51.5. The van der Waals surface area contributed by atoms with Gasteiger partial charge < -0.3 is 61.6 Å². The van der Waals surface area contributed by atoms with Crippen molar-refractivity contribution in [3.8, 4) is 0 Å². The quantitative estimate of drug-likeness (QED) is 0.0725. The highest BCUT2D eigenvalue weighted by atomic mass is 16.6. The molecule has 0 radical (unpaired) electrons. The zero-order valence-corrected chi connectivity index (χ0v) is 33.6. The average Bonchev–Trinajstić information content (AvgIpc) is 3.14. The molecule has 0 rings (SSSR count). The molecule has 0 spiro atoms. The van der Waals surface area contributed by atoms with Gasteiger partial charge in [0.15, 0.2) is 0 Å². The molecule has 0 N–H and O–H groups in total. The van der Waals surface area contributed by atoms with Gasteiger partial charge in [0.1, 0.15) is 0 Å². The molecule has 0 saturated carbocycles. The lowest BCUT2D eigenvalue weighted by Gasteiger charge is -2.09. The van der Waals surface area contributed by atoms with E-state index < -0.39 is 0 Å². The first-order valence-corrected chi connectivity index (χ1v) is 20.3. The van der Waals surface area contributed by atoms with Crippen LogP contribution in [0.3, 0.4) is 0 Å². The molecule has 52 heavy (non-hydrogen) atoms. The molecule has 0 aliphatic heterocycles. The largest absolute Gasteiger partial charge is 0.379 e. The minimum Gasteiger partial charge on any atom is -0.379 e. The molecule has 0 aromatic heterocycles. The van der Waals surface area contributed by atoms with Crippen LogP contribution in [0.25, 0.3) is 0 Å². The van der Waals surface area contributed by atoms with Crippen LogP contribution in [0.15, 0.2) is 0 Å². The van der Waals surface area contributed by atoms with E-state index in [1.165, 1.54) is 57.8 Å². The number of ether oxygens (including phenoxy) is 13. The molecule has 0 aliphatic rings. The fourth-order valence-electron chi connectivity index (χ4n) is 4.56. The van der Waals surface area contributed by atoms with Crippen molar-refractivity contribution >= 4 is 0 Å². The first-order chi connectivity index (χ1) is 25.8. The average molecular weight is 757 g/mol. The van der Waals surface area contributed by atoms with Crippen molar-refractivity contribution in [3.63, 3.8) is 0 Å². The number of hydrogen-bond acceptors (Lipinski definition) is 13. The SMILES string of the molecule is CCCCCCCCCCCCOCCOCCOCCOCCOCCOCCOCCOCCOCCOCCOCCOCCOC(C)C. The number of rotatable bonds is 48. The molecule has 0 saturated heterocycles. The van der Waals surface area contributed by atoms with Crippen LogP contribution in [-0.4, -0.2) is 171 Å². The van der Waals surface area contributed by atoms with Crippen molar-refractivity contribution < 1.29 is 61.6 Å². The summed E-state index contributed by atoms with van der Waals surface area (Å²) in [5, 5.41) is 0. The Kier molecular flexibility index (Phi) is 48.0. The fraction of sp³-hybridized carbons (Fsp3) is 1.00. The van der Waals surface area contributed by atoms with Gasteiger partial charge in [0.25, 0.3) is 0 Å². The van der Waals surface area contributed by atoms with E-state index in [0.717, 1.165) is 13.0 Å². The second-order valence-corrected chi connectivity index (χ2v) is 12.4. The molecule has 0 aromatic carbocycles. The van der Waals surface area contributed by atoms with Crippen LogP contribution in [0, 0.1) is 0 Å². The van der Waals surface area contributed by atoms with Gasteiger partial charge in [0.05, 0.1) is 165 Å². The van der Waals surface area contributed by atoms with Gasteiger partial charge in [-0.15, -0.1) is 0 Å². The van der Waals surface area contributed by atoms with Gasteiger partial charge in [-0.05, 0) is 20.3 Å². The van der Waals surface area contributed by atoms with Gasteiger partial charge in [0.2, 0.25) is 0 Å². The summed E-state index contributed by atoms with van der Waals surface area (Å²) in [6.07, 6.45) is 13.6. The molecule has 0 unspecified atom stereocenters. The van der Waals surface area contributed by atoms with Gasteiger partial charge in [0, 0.05) is 6.61 Å². The number of unbranched alkanes of at least 4 members (excludes halogenated alkanes) is 9. The third-order valence-electron chi connectivity index (χ3n) is 7.41. The summed E-state index contributed by atoms with van der Waals surface area (Å²) >= 11 is 0. The Morgan fingerprint density at radius 2 is 0.423 bits per heavy atom. The molecule has 13 heteroatoms. The van der Waals surface area contributed by atoms with Crippen LogP contribution < -0.4 is 0 Å². The second kappa shape index (κ2) is 48.5. The van der Waals surface area contributed by atoms with Crippen LogP contribution >= 0.6 is 0 Å². The van der Waals surface area contributed by atoms with E-state index in [-0.39, 0.29) is 6.10 Å². The molecular weight excluding hydrogens is 676 g/mol. The Morgan fingerprint density at radius 3 is 0.654 bits per heavy atom. The summed E-state index contributed by atoms with van der Waals surface area (Å²) in [6, 6.07) is 0. The lowest BCUT2D eigenvalue weighted by molar-refractivity contribution is -0.0298. The summed E-state index contributed by atoms with van der Waals surface area (Å²) in [4.78, 5) is 0. The predicted octanol–water partition coefficient (Wildman–Crippen LogP) is 5.53. The molecule has 0 fully saturated rings. The zero-order chi connectivity index (χ0) is 37.5. The van der Waals surface area contributed by atoms with Crippen molar-refractivity contribution in [2.45, 2.75) is 91.1 Å². The summed E-state index contributed by atoms with van der Waals surface area (Å²) < 4.78 is 71.5. The van der Waals surface area contributed by atoms with Crippen molar-refractivity contribution in [3.05, 3.63) is 0 Å². The van der Waals surface area contributed by atoms with Crippen LogP contribution in [0.1, 0.15) is 85.0 Å². The van der Waals surface area contributed by atoms with Crippen molar-refractivity contribution in [1.29, 1.82) is 0 Å². The Bertz CT molecular complexity index is 619. The molecule has 0 aliphatic carbocycles. The molecular formula is C39H80O13. The molecule has 0 bridgehead atoms. The van der Waals surface area contributed by atoms with Crippen molar-refractivity contribution in [2.75, 3.05) is 165 Å². The highest BCUT2D eigenvalue weighted by Crippen LogP contribution is 2.10. The lowest BCUT2D eigenvalue weighted by atomic mass is 10.1. The Balaban J connectivity index is 3.05. The maximum Gasteiger partial charge on any atom is 0.0703 e. The predicted molar refractivity (Wildman–Crippen MR) is 203 cm³/mol. The summed E-state index contributed by atoms with van der Waals surface area (Å²) in [7, 11) is 0. The maximum absolute atomic E-state index is 5.65. The van der Waals surface area contributed by atoms with Crippen LogP contribution in [0.2, 0.25) is 0 Å². The third kappa shape index (κ3) is 49.5. The Hall–Kier alpha value is -0.520. The second-order valence-electron chi connectivity index (χ2n) is 12.4. The van der Waals surface area contributed by atoms with Crippen molar-refractivity contribution in [2.24, 2.45) is 0 Å². The van der Waals surface area contributed by atoms with E-state index in [2.05, 4.69) is 6.92 Å². The minimum atomic E-state index is 0.232. The van der Waals surface area contributed by atoms with E-state index in [4.69, 9.17) is 61.6 Å². The van der Waals surface area contributed by atoms with E-state index in [0.29, 0.717) is 159 Å². The third-order valence-corrected chi connectivity index (χ3v) is 7.41. The normalized spacial score (nSPS) is 11.8. The topological polar surface area (TPSA) is 120 Å². The fourth-order valence-corrected chi connectivity index (χ4v) is 4.56. The zero-order valence-electron chi connectivity index (χ0n) is 33.6. The highest BCUT2D eigenvalue weighted by molar-refractivity contribution is 4.48. The molecule has 0 heterocycles. The molecule has 314 valence electrons. The van der Waals surface area contributed by atoms with Crippen molar-refractivity contribution in [1.82, 2.24) is 0 Å². The smallest absolute Gasteiger partial charge is 0.0703 e. The summed E-state index contributed by atoms with van der Waals surface area (Å²) in [5.41, 5.74) is 0. The standard InChI is InChI=1S/C39H80O13/c1-4-5-6-7-8-9-10-11-12-13-14-40-15-16-41-17-18-42-19-20-43-21-22-44-23-24-45-25-26-46-27-28-47-29-30-48-31-32-49-33-34-50-35-36-51-37-38-52-39(2)3/h39H,4-38H2,1-3H3. The molecule has 0 atom stereocenters. The van der Waals surface area contributed by atoms with Gasteiger partial charge in [-0.3, -0.25) is 0 Å². The molecule has 0 amide bonds. The van der Waals surface area contributed by atoms with Crippen LogP contribution in [0.5, 0.6) is 0 Å². The van der Waals surface area contributed by atoms with E-state index in [1.54, 1.807) is 0 Å². The Labute approximate surface area is 317 Å². The monoisotopic (exact) mass is 757 g/mol. The van der Waals surface area contributed by atoms with Crippen LogP contribution in [0.4, 0.5) is 0 Å². The van der Waals surface area contributed by atoms with Gasteiger partial charge in [-0.25, -0.2) is 0 Å². The van der Waals surface area contributed by atoms with E-state index in [9.17, 15) is 0 Å². The van der Waals surface area contributed by atoms with E-state index >= 15 is 0 Å². The highest BCUT2D eigenvalue weighted by Gasteiger charge is 1.98. The van der Waals surface area contributed by atoms with E-state index in [1.807, 2.05) is 13.8 Å². The molecule has 0 aromatic rings. The van der Waals surface area contributed by atoms with Gasteiger partial charge >= 0.3 is 0 Å². The maximum atomic E-state index is 5.65.